The minimum absolute atomic E-state index is 0.0493. The maximum atomic E-state index is 11.6. The SMILES string of the molecule is CCC(=O)C(C)NC(=O)c1csc(I)c1. The van der Waals surface area contributed by atoms with Gasteiger partial charge in [0.2, 0.25) is 0 Å². The predicted octanol–water partition coefficient (Wildman–Crippen LogP) is 2.45. The number of amides is 1. The average Bonchev–Trinajstić information content (AvgIpc) is 2.63. The van der Waals surface area contributed by atoms with Crippen LogP contribution >= 0.6 is 33.9 Å². The van der Waals surface area contributed by atoms with Gasteiger partial charge in [-0.2, -0.15) is 0 Å². The Hall–Kier alpha value is -0.430. The second kappa shape index (κ2) is 5.60. The summed E-state index contributed by atoms with van der Waals surface area (Å²) >= 11 is 3.67. The number of Topliss-reactive ketones (excluding diaryl/α,β-unsaturated/α-hetero) is 1. The molecule has 0 aliphatic rings. The van der Waals surface area contributed by atoms with E-state index in [9.17, 15) is 9.59 Å². The largest absolute Gasteiger partial charge is 0.342 e. The van der Waals surface area contributed by atoms with Crippen LogP contribution in [0, 0.1) is 2.88 Å². The maximum Gasteiger partial charge on any atom is 0.252 e. The third kappa shape index (κ3) is 3.57. The summed E-state index contributed by atoms with van der Waals surface area (Å²) in [7, 11) is 0. The molecule has 1 aromatic heterocycles. The summed E-state index contributed by atoms with van der Waals surface area (Å²) in [5.74, 6) is -0.128. The molecule has 1 amide bonds. The number of hydrogen-bond donors (Lipinski definition) is 1. The van der Waals surface area contributed by atoms with Crippen molar-refractivity contribution >= 4 is 45.6 Å². The van der Waals surface area contributed by atoms with Crippen molar-refractivity contribution in [1.29, 1.82) is 0 Å². The molecule has 0 aliphatic carbocycles. The Labute approximate surface area is 106 Å². The number of thiophene rings is 1. The molecule has 1 atom stereocenters. The van der Waals surface area contributed by atoms with Gasteiger partial charge in [0.25, 0.3) is 5.91 Å². The highest BCUT2D eigenvalue weighted by atomic mass is 127. The Bertz CT molecular complexity index is 375. The number of carbonyl (C=O) groups excluding carboxylic acids is 2. The van der Waals surface area contributed by atoms with Gasteiger partial charge < -0.3 is 5.32 Å². The molecular weight excluding hydrogens is 325 g/mol. The van der Waals surface area contributed by atoms with Crippen LogP contribution in [-0.2, 0) is 4.79 Å². The zero-order chi connectivity index (χ0) is 11.4. The topological polar surface area (TPSA) is 46.2 Å². The lowest BCUT2D eigenvalue weighted by Gasteiger charge is -2.10. The van der Waals surface area contributed by atoms with Crippen LogP contribution in [0.5, 0.6) is 0 Å². The zero-order valence-corrected chi connectivity index (χ0v) is 11.5. The summed E-state index contributed by atoms with van der Waals surface area (Å²) in [6, 6.07) is 1.41. The molecule has 1 N–H and O–H groups in total. The van der Waals surface area contributed by atoms with E-state index in [1.165, 1.54) is 11.3 Å². The molecule has 0 radical (unpaired) electrons. The molecule has 15 heavy (non-hydrogen) atoms. The van der Waals surface area contributed by atoms with Crippen LogP contribution in [0.3, 0.4) is 0 Å². The second-order valence-corrected chi connectivity index (χ2v) is 5.96. The fraction of sp³-hybridized carbons (Fsp3) is 0.400. The Kier molecular flexibility index (Phi) is 4.72. The lowest BCUT2D eigenvalue weighted by atomic mass is 10.1. The Morgan fingerprint density at radius 3 is 2.73 bits per heavy atom. The van der Waals surface area contributed by atoms with Gasteiger partial charge in [-0.15, -0.1) is 11.3 Å². The van der Waals surface area contributed by atoms with Crippen LogP contribution in [-0.4, -0.2) is 17.7 Å². The van der Waals surface area contributed by atoms with Gasteiger partial charge in [0.05, 0.1) is 14.5 Å². The number of ketones is 1. The van der Waals surface area contributed by atoms with Crippen molar-refractivity contribution in [3.63, 3.8) is 0 Å². The molecule has 1 unspecified atom stereocenters. The Morgan fingerprint density at radius 2 is 2.27 bits per heavy atom. The first-order valence-electron chi connectivity index (χ1n) is 4.62. The molecule has 0 bridgehead atoms. The molecule has 3 nitrogen and oxygen atoms in total. The molecule has 1 rings (SSSR count). The number of rotatable bonds is 4. The van der Waals surface area contributed by atoms with Gasteiger partial charge in [0.15, 0.2) is 5.78 Å². The molecule has 5 heteroatoms. The predicted molar refractivity (Wildman–Crippen MR) is 69.3 cm³/mol. The Morgan fingerprint density at radius 1 is 1.60 bits per heavy atom. The van der Waals surface area contributed by atoms with Crippen LogP contribution in [0.25, 0.3) is 0 Å². The first-order chi connectivity index (χ1) is 7.04. The molecule has 0 aliphatic heterocycles. The molecule has 0 aromatic carbocycles. The van der Waals surface area contributed by atoms with Crippen LogP contribution in [0.15, 0.2) is 11.4 Å². The monoisotopic (exact) mass is 337 g/mol. The van der Waals surface area contributed by atoms with Crippen molar-refractivity contribution in [3.8, 4) is 0 Å². The second-order valence-electron chi connectivity index (χ2n) is 3.15. The van der Waals surface area contributed by atoms with Gasteiger partial charge in [0.1, 0.15) is 0 Å². The van der Waals surface area contributed by atoms with Gasteiger partial charge in [-0.1, -0.05) is 6.92 Å². The molecule has 0 spiro atoms. The first kappa shape index (κ1) is 12.6. The molecule has 1 aromatic rings. The molecule has 1 heterocycles. The maximum absolute atomic E-state index is 11.6. The van der Waals surface area contributed by atoms with E-state index in [4.69, 9.17) is 0 Å². The van der Waals surface area contributed by atoms with Gasteiger partial charge in [-0.3, -0.25) is 9.59 Å². The van der Waals surface area contributed by atoms with E-state index in [-0.39, 0.29) is 11.7 Å². The molecule has 0 fully saturated rings. The standard InChI is InChI=1S/C10H12INO2S/c1-3-8(13)6(2)12-10(14)7-4-9(11)15-5-7/h4-6H,3H2,1-2H3,(H,12,14). The van der Waals surface area contributed by atoms with Crippen molar-refractivity contribution in [2.75, 3.05) is 0 Å². The molecule has 0 saturated carbocycles. The van der Waals surface area contributed by atoms with Crippen molar-refractivity contribution in [2.24, 2.45) is 0 Å². The van der Waals surface area contributed by atoms with Gasteiger partial charge in [-0.25, -0.2) is 0 Å². The lowest BCUT2D eigenvalue weighted by Crippen LogP contribution is -2.37. The van der Waals surface area contributed by atoms with Gasteiger partial charge in [-0.05, 0) is 35.6 Å². The van der Waals surface area contributed by atoms with Crippen LogP contribution in [0.2, 0.25) is 0 Å². The van der Waals surface area contributed by atoms with E-state index < -0.39 is 6.04 Å². The van der Waals surface area contributed by atoms with E-state index >= 15 is 0 Å². The van der Waals surface area contributed by atoms with E-state index in [1.807, 2.05) is 6.07 Å². The summed E-state index contributed by atoms with van der Waals surface area (Å²) in [6.45, 7) is 3.50. The summed E-state index contributed by atoms with van der Waals surface area (Å²) in [4.78, 5) is 22.9. The molecule has 0 saturated heterocycles. The highest BCUT2D eigenvalue weighted by Crippen LogP contribution is 2.16. The fourth-order valence-corrected chi connectivity index (χ4v) is 2.42. The van der Waals surface area contributed by atoms with Crippen molar-refractivity contribution < 1.29 is 9.59 Å². The van der Waals surface area contributed by atoms with E-state index in [1.54, 1.807) is 19.2 Å². The van der Waals surface area contributed by atoms with E-state index in [2.05, 4.69) is 27.9 Å². The average molecular weight is 337 g/mol. The first-order valence-corrected chi connectivity index (χ1v) is 6.58. The summed E-state index contributed by atoms with van der Waals surface area (Å²) in [5, 5.41) is 4.47. The summed E-state index contributed by atoms with van der Waals surface area (Å²) < 4.78 is 1.06. The number of carbonyl (C=O) groups is 2. The van der Waals surface area contributed by atoms with Gasteiger partial charge >= 0.3 is 0 Å². The number of halogens is 1. The fourth-order valence-electron chi connectivity index (χ4n) is 1.10. The summed E-state index contributed by atoms with van der Waals surface area (Å²) in [6.07, 6.45) is 0.447. The smallest absolute Gasteiger partial charge is 0.252 e. The zero-order valence-electron chi connectivity index (χ0n) is 8.54. The van der Waals surface area contributed by atoms with Gasteiger partial charge in [0, 0.05) is 11.8 Å². The minimum Gasteiger partial charge on any atom is -0.342 e. The number of nitrogens with one attached hydrogen (secondary N) is 1. The molecule has 82 valence electrons. The highest BCUT2D eigenvalue weighted by Gasteiger charge is 2.15. The van der Waals surface area contributed by atoms with Crippen LogP contribution in [0.1, 0.15) is 30.6 Å². The minimum atomic E-state index is -0.403. The van der Waals surface area contributed by atoms with Crippen molar-refractivity contribution in [1.82, 2.24) is 5.32 Å². The third-order valence-electron chi connectivity index (χ3n) is 2.01. The summed E-state index contributed by atoms with van der Waals surface area (Å²) in [5.41, 5.74) is 0.625. The molecular formula is C10H12INO2S. The van der Waals surface area contributed by atoms with Crippen LogP contribution < -0.4 is 5.32 Å². The Balaban J connectivity index is 2.60. The van der Waals surface area contributed by atoms with Crippen molar-refractivity contribution in [2.45, 2.75) is 26.3 Å². The van der Waals surface area contributed by atoms with E-state index in [0.29, 0.717) is 12.0 Å². The van der Waals surface area contributed by atoms with E-state index in [0.717, 1.165) is 2.88 Å². The lowest BCUT2D eigenvalue weighted by molar-refractivity contribution is -0.120. The normalized spacial score (nSPS) is 12.2. The van der Waals surface area contributed by atoms with Crippen molar-refractivity contribution in [3.05, 3.63) is 19.9 Å². The van der Waals surface area contributed by atoms with Crippen LogP contribution in [0.4, 0.5) is 0 Å². The third-order valence-corrected chi connectivity index (χ3v) is 3.80. The highest BCUT2D eigenvalue weighted by molar-refractivity contribution is 14.1. The quantitative estimate of drug-likeness (QED) is 0.858. The number of hydrogen-bond acceptors (Lipinski definition) is 3.